The minimum atomic E-state index is -0.534. The molecule has 0 atom stereocenters. The van der Waals surface area contributed by atoms with E-state index in [0.29, 0.717) is 0 Å². The van der Waals surface area contributed by atoms with Crippen molar-refractivity contribution in [2.24, 2.45) is 0 Å². The number of phenols is 1. The molecular weight excluding hydrogens is 416 g/mol. The Morgan fingerprint density at radius 2 is 1.00 bits per heavy atom. The first-order chi connectivity index (χ1) is 16.2. The SMILES string of the molecule is O=C(OCc1ccccc1)c1cc(OCc2ccccc2)c(O)c(OCc2ccccc2)c1. The van der Waals surface area contributed by atoms with Crippen molar-refractivity contribution in [2.45, 2.75) is 19.8 Å². The van der Waals surface area contributed by atoms with Crippen LogP contribution in [0.4, 0.5) is 0 Å². The first-order valence-corrected chi connectivity index (χ1v) is 10.6. The Balaban J connectivity index is 1.55. The monoisotopic (exact) mass is 440 g/mol. The van der Waals surface area contributed by atoms with Crippen LogP contribution >= 0.6 is 0 Å². The molecule has 0 aliphatic rings. The summed E-state index contributed by atoms with van der Waals surface area (Å²) < 4.78 is 17.1. The third kappa shape index (κ3) is 6.14. The maximum Gasteiger partial charge on any atom is 0.338 e. The molecule has 0 radical (unpaired) electrons. The summed E-state index contributed by atoms with van der Waals surface area (Å²) in [5.41, 5.74) is 2.97. The molecule has 0 aromatic heterocycles. The number of hydrogen-bond acceptors (Lipinski definition) is 5. The van der Waals surface area contributed by atoms with Gasteiger partial charge in [0.1, 0.15) is 19.8 Å². The smallest absolute Gasteiger partial charge is 0.338 e. The summed E-state index contributed by atoms with van der Waals surface area (Å²) >= 11 is 0. The van der Waals surface area contributed by atoms with E-state index in [2.05, 4.69) is 0 Å². The van der Waals surface area contributed by atoms with Gasteiger partial charge in [-0.2, -0.15) is 0 Å². The van der Waals surface area contributed by atoms with E-state index in [-0.39, 0.29) is 42.6 Å². The van der Waals surface area contributed by atoms with Crippen molar-refractivity contribution in [2.75, 3.05) is 0 Å². The molecule has 0 aliphatic heterocycles. The highest BCUT2D eigenvalue weighted by molar-refractivity contribution is 5.91. The lowest BCUT2D eigenvalue weighted by molar-refractivity contribution is 0.0471. The highest BCUT2D eigenvalue weighted by atomic mass is 16.5. The average Bonchev–Trinajstić information content (AvgIpc) is 2.87. The minimum absolute atomic E-state index is 0.140. The van der Waals surface area contributed by atoms with Crippen molar-refractivity contribution in [3.05, 3.63) is 125 Å². The maximum absolute atomic E-state index is 12.8. The number of carbonyl (C=O) groups excluding carboxylic acids is 1. The number of rotatable bonds is 9. The largest absolute Gasteiger partial charge is 0.502 e. The highest BCUT2D eigenvalue weighted by Gasteiger charge is 2.18. The van der Waals surface area contributed by atoms with Gasteiger partial charge in [0, 0.05) is 0 Å². The second-order valence-electron chi connectivity index (χ2n) is 7.43. The first-order valence-electron chi connectivity index (χ1n) is 10.6. The maximum atomic E-state index is 12.8. The summed E-state index contributed by atoms with van der Waals surface area (Å²) in [6.45, 7) is 0.602. The number of esters is 1. The Hall–Kier alpha value is -4.25. The number of carbonyl (C=O) groups is 1. The van der Waals surface area contributed by atoms with Crippen LogP contribution < -0.4 is 9.47 Å². The van der Waals surface area contributed by atoms with Gasteiger partial charge < -0.3 is 19.3 Å². The molecule has 5 heteroatoms. The summed E-state index contributed by atoms with van der Waals surface area (Å²) in [5.74, 6) is -0.401. The first kappa shape index (κ1) is 22.0. The lowest BCUT2D eigenvalue weighted by atomic mass is 10.1. The van der Waals surface area contributed by atoms with Gasteiger partial charge in [0.05, 0.1) is 5.56 Å². The molecule has 0 saturated heterocycles. The van der Waals surface area contributed by atoms with Crippen LogP contribution in [0.25, 0.3) is 0 Å². The van der Waals surface area contributed by atoms with Crippen molar-refractivity contribution in [3.8, 4) is 17.2 Å². The Bertz CT molecular complexity index is 1110. The zero-order valence-corrected chi connectivity index (χ0v) is 18.0. The molecule has 0 saturated carbocycles. The molecule has 166 valence electrons. The molecule has 0 fully saturated rings. The van der Waals surface area contributed by atoms with Gasteiger partial charge in [-0.15, -0.1) is 0 Å². The van der Waals surface area contributed by atoms with Crippen LogP contribution in [-0.4, -0.2) is 11.1 Å². The van der Waals surface area contributed by atoms with E-state index in [1.165, 1.54) is 12.1 Å². The topological polar surface area (TPSA) is 65.0 Å². The van der Waals surface area contributed by atoms with E-state index in [4.69, 9.17) is 14.2 Å². The highest BCUT2D eigenvalue weighted by Crippen LogP contribution is 2.38. The molecule has 0 amide bonds. The number of phenolic OH excluding ortho intramolecular Hbond substituents is 1. The molecular formula is C28H24O5. The van der Waals surface area contributed by atoms with Gasteiger partial charge in [-0.3, -0.25) is 0 Å². The van der Waals surface area contributed by atoms with Crippen LogP contribution in [0.3, 0.4) is 0 Å². The summed E-state index contributed by atoms with van der Waals surface area (Å²) in [5, 5.41) is 10.8. The molecule has 4 aromatic carbocycles. The predicted octanol–water partition coefficient (Wildman–Crippen LogP) is 5.91. The molecule has 4 rings (SSSR count). The van der Waals surface area contributed by atoms with Crippen molar-refractivity contribution in [3.63, 3.8) is 0 Å². The standard InChI is InChI=1S/C28H24O5/c29-27-25(31-18-21-10-4-1-5-11-21)16-24(28(30)33-20-23-14-8-3-9-15-23)17-26(27)32-19-22-12-6-2-7-13-22/h1-17,29H,18-20H2. The van der Waals surface area contributed by atoms with Crippen LogP contribution in [0.1, 0.15) is 27.0 Å². The summed E-state index contributed by atoms with van der Waals surface area (Å²) in [7, 11) is 0. The predicted molar refractivity (Wildman–Crippen MR) is 125 cm³/mol. The van der Waals surface area contributed by atoms with Crippen molar-refractivity contribution >= 4 is 5.97 Å². The zero-order chi connectivity index (χ0) is 22.9. The quantitative estimate of drug-likeness (QED) is 0.328. The summed E-state index contributed by atoms with van der Waals surface area (Å²) in [4.78, 5) is 12.8. The van der Waals surface area contributed by atoms with Crippen molar-refractivity contribution in [1.82, 2.24) is 0 Å². The van der Waals surface area contributed by atoms with Crippen molar-refractivity contribution < 1.29 is 24.1 Å². The molecule has 5 nitrogen and oxygen atoms in total. The summed E-state index contributed by atoms with van der Waals surface area (Å²) in [6.07, 6.45) is 0. The molecule has 0 bridgehead atoms. The molecule has 0 heterocycles. The second-order valence-corrected chi connectivity index (χ2v) is 7.43. The number of ether oxygens (including phenoxy) is 3. The third-order valence-corrected chi connectivity index (χ3v) is 4.96. The molecule has 33 heavy (non-hydrogen) atoms. The van der Waals surface area contributed by atoms with Crippen LogP contribution in [-0.2, 0) is 24.6 Å². The van der Waals surface area contributed by atoms with Crippen LogP contribution in [0, 0.1) is 0 Å². The Kier molecular flexibility index (Phi) is 7.23. The van der Waals surface area contributed by atoms with E-state index < -0.39 is 5.97 Å². The van der Waals surface area contributed by atoms with Gasteiger partial charge in [0.15, 0.2) is 11.5 Å². The van der Waals surface area contributed by atoms with Crippen molar-refractivity contribution in [1.29, 1.82) is 0 Å². The Labute approximate surface area is 192 Å². The zero-order valence-electron chi connectivity index (χ0n) is 18.0. The molecule has 0 unspecified atom stereocenters. The van der Waals surface area contributed by atoms with Crippen LogP contribution in [0.2, 0.25) is 0 Å². The van der Waals surface area contributed by atoms with Gasteiger partial charge in [-0.05, 0) is 28.8 Å². The second kappa shape index (κ2) is 10.9. The van der Waals surface area contributed by atoms with Gasteiger partial charge in [-0.1, -0.05) is 91.0 Å². The van der Waals surface area contributed by atoms with Gasteiger partial charge in [-0.25, -0.2) is 4.79 Å². The minimum Gasteiger partial charge on any atom is -0.502 e. The molecule has 0 spiro atoms. The van der Waals surface area contributed by atoms with E-state index in [1.54, 1.807) is 0 Å². The number of aromatic hydroxyl groups is 1. The average molecular weight is 440 g/mol. The lowest BCUT2D eigenvalue weighted by Crippen LogP contribution is -2.07. The van der Waals surface area contributed by atoms with E-state index >= 15 is 0 Å². The van der Waals surface area contributed by atoms with Gasteiger partial charge >= 0.3 is 5.97 Å². The summed E-state index contributed by atoms with van der Waals surface area (Å²) in [6, 6.07) is 31.5. The lowest BCUT2D eigenvalue weighted by Gasteiger charge is -2.15. The van der Waals surface area contributed by atoms with Gasteiger partial charge in [0.2, 0.25) is 5.75 Å². The number of benzene rings is 4. The molecule has 4 aromatic rings. The van der Waals surface area contributed by atoms with E-state index in [0.717, 1.165) is 16.7 Å². The molecule has 1 N–H and O–H groups in total. The Morgan fingerprint density at radius 3 is 1.42 bits per heavy atom. The fourth-order valence-corrected chi connectivity index (χ4v) is 3.20. The van der Waals surface area contributed by atoms with Gasteiger partial charge in [0.25, 0.3) is 0 Å². The van der Waals surface area contributed by atoms with E-state index in [9.17, 15) is 9.90 Å². The Morgan fingerprint density at radius 1 is 0.606 bits per heavy atom. The van der Waals surface area contributed by atoms with Crippen LogP contribution in [0.15, 0.2) is 103 Å². The fourth-order valence-electron chi connectivity index (χ4n) is 3.20. The normalized spacial score (nSPS) is 10.4. The molecule has 0 aliphatic carbocycles. The van der Waals surface area contributed by atoms with Crippen LogP contribution in [0.5, 0.6) is 17.2 Å². The van der Waals surface area contributed by atoms with E-state index in [1.807, 2.05) is 91.0 Å². The number of hydrogen-bond donors (Lipinski definition) is 1. The fraction of sp³-hybridized carbons (Fsp3) is 0.107. The third-order valence-electron chi connectivity index (χ3n) is 4.96.